The molecule has 0 aliphatic rings. The second-order valence-electron chi connectivity index (χ2n) is 5.36. The van der Waals surface area contributed by atoms with Crippen molar-refractivity contribution < 1.29 is 19.1 Å². The summed E-state index contributed by atoms with van der Waals surface area (Å²) in [6.45, 7) is 0.975. The topological polar surface area (TPSA) is 84.5 Å². The van der Waals surface area contributed by atoms with Gasteiger partial charge in [-0.3, -0.25) is 14.4 Å². The van der Waals surface area contributed by atoms with Gasteiger partial charge in [-0.1, -0.05) is 47.0 Å². The lowest BCUT2D eigenvalue weighted by Crippen LogP contribution is -2.32. The summed E-state index contributed by atoms with van der Waals surface area (Å²) in [7, 11) is 0. The van der Waals surface area contributed by atoms with E-state index in [1.807, 2.05) is 13.0 Å². The van der Waals surface area contributed by atoms with Gasteiger partial charge in [0.15, 0.2) is 6.61 Å². The Balaban J connectivity index is 1.78. The lowest BCUT2D eigenvalue weighted by atomic mass is 10.1. The lowest BCUT2D eigenvalue weighted by Gasteiger charge is -2.10. The fourth-order valence-electron chi connectivity index (χ4n) is 2.03. The standard InChI is InChI=1S/C18H16Cl2N2O4/c1-11-4-2-5-12(8-11)18(25)21-9-16(24)26-10-15(23)22-17-13(19)6-3-7-14(17)20/h2-8H,9-10H2,1H3,(H,21,25)(H,22,23). The third kappa shape index (κ3) is 5.75. The highest BCUT2D eigenvalue weighted by molar-refractivity contribution is 6.39. The highest BCUT2D eigenvalue weighted by Gasteiger charge is 2.13. The predicted octanol–water partition coefficient (Wildman–Crippen LogP) is 3.21. The summed E-state index contributed by atoms with van der Waals surface area (Å²) < 4.78 is 4.81. The number of nitrogens with one attached hydrogen (secondary N) is 2. The van der Waals surface area contributed by atoms with Crippen LogP contribution in [0, 0.1) is 6.92 Å². The minimum absolute atomic E-state index is 0.240. The van der Waals surface area contributed by atoms with Crippen LogP contribution in [-0.4, -0.2) is 30.9 Å². The van der Waals surface area contributed by atoms with E-state index in [4.69, 9.17) is 27.9 Å². The van der Waals surface area contributed by atoms with E-state index in [0.717, 1.165) is 5.56 Å². The van der Waals surface area contributed by atoms with Crippen molar-refractivity contribution in [3.63, 3.8) is 0 Å². The SMILES string of the molecule is Cc1cccc(C(=O)NCC(=O)OCC(=O)Nc2c(Cl)cccc2Cl)c1. The average Bonchev–Trinajstić information content (AvgIpc) is 2.61. The average molecular weight is 395 g/mol. The highest BCUT2D eigenvalue weighted by atomic mass is 35.5. The van der Waals surface area contributed by atoms with Crippen molar-refractivity contribution in [1.82, 2.24) is 5.32 Å². The molecule has 2 aromatic carbocycles. The van der Waals surface area contributed by atoms with Gasteiger partial charge in [0.05, 0.1) is 15.7 Å². The Labute approximate surface area is 160 Å². The summed E-state index contributed by atoms with van der Waals surface area (Å²) in [6, 6.07) is 11.7. The van der Waals surface area contributed by atoms with E-state index in [1.165, 1.54) is 0 Å². The molecule has 2 N–H and O–H groups in total. The van der Waals surface area contributed by atoms with Gasteiger partial charge in [0.1, 0.15) is 6.54 Å². The maximum atomic E-state index is 11.9. The summed E-state index contributed by atoms with van der Waals surface area (Å²) in [4.78, 5) is 35.4. The molecule has 0 saturated carbocycles. The zero-order chi connectivity index (χ0) is 19.1. The van der Waals surface area contributed by atoms with Gasteiger partial charge < -0.3 is 15.4 Å². The molecule has 0 unspecified atom stereocenters. The molecule has 0 radical (unpaired) electrons. The fraction of sp³-hybridized carbons (Fsp3) is 0.167. The first-order chi connectivity index (χ1) is 12.4. The third-order valence-corrected chi connectivity index (χ3v) is 3.89. The number of rotatable bonds is 6. The van der Waals surface area contributed by atoms with Crippen LogP contribution in [0.15, 0.2) is 42.5 Å². The number of ether oxygens (including phenoxy) is 1. The number of halogens is 2. The smallest absolute Gasteiger partial charge is 0.325 e. The number of anilines is 1. The van der Waals surface area contributed by atoms with Crippen LogP contribution >= 0.6 is 23.2 Å². The van der Waals surface area contributed by atoms with E-state index in [1.54, 1.807) is 36.4 Å². The molecular formula is C18H16Cl2N2O4. The van der Waals surface area contributed by atoms with Gasteiger partial charge in [0, 0.05) is 5.56 Å². The molecule has 0 aromatic heterocycles. The van der Waals surface area contributed by atoms with E-state index in [2.05, 4.69) is 10.6 Å². The van der Waals surface area contributed by atoms with E-state index >= 15 is 0 Å². The molecule has 136 valence electrons. The van der Waals surface area contributed by atoms with Gasteiger partial charge in [-0.25, -0.2) is 0 Å². The molecule has 8 heteroatoms. The molecule has 0 bridgehead atoms. The van der Waals surface area contributed by atoms with Crippen molar-refractivity contribution >= 4 is 46.7 Å². The monoisotopic (exact) mass is 394 g/mol. The molecule has 0 fully saturated rings. The second-order valence-corrected chi connectivity index (χ2v) is 6.17. The molecule has 0 saturated heterocycles. The molecule has 0 atom stereocenters. The quantitative estimate of drug-likeness (QED) is 0.736. The van der Waals surface area contributed by atoms with Crippen molar-refractivity contribution in [3.8, 4) is 0 Å². The highest BCUT2D eigenvalue weighted by Crippen LogP contribution is 2.29. The Morgan fingerprint density at radius 2 is 1.69 bits per heavy atom. The predicted molar refractivity (Wildman–Crippen MR) is 99.6 cm³/mol. The minimum atomic E-state index is -0.744. The number of amides is 2. The van der Waals surface area contributed by atoms with E-state index < -0.39 is 24.4 Å². The van der Waals surface area contributed by atoms with E-state index in [-0.39, 0.29) is 22.3 Å². The van der Waals surface area contributed by atoms with Crippen LogP contribution < -0.4 is 10.6 Å². The van der Waals surface area contributed by atoms with Gasteiger partial charge in [-0.05, 0) is 31.2 Å². The molecule has 2 aromatic rings. The summed E-state index contributed by atoms with van der Waals surface area (Å²) in [5, 5.41) is 5.43. The van der Waals surface area contributed by atoms with Crippen LogP contribution in [0.1, 0.15) is 15.9 Å². The third-order valence-electron chi connectivity index (χ3n) is 3.26. The number of hydrogen-bond acceptors (Lipinski definition) is 4. The Morgan fingerprint density at radius 3 is 2.35 bits per heavy atom. The fourth-order valence-corrected chi connectivity index (χ4v) is 2.52. The van der Waals surface area contributed by atoms with Crippen molar-refractivity contribution in [2.45, 2.75) is 6.92 Å². The summed E-state index contributed by atoms with van der Waals surface area (Å²) in [5.74, 6) is -1.75. The molecule has 0 spiro atoms. The molecule has 6 nitrogen and oxygen atoms in total. The Hall–Kier alpha value is -2.57. The van der Waals surface area contributed by atoms with Gasteiger partial charge in [0.2, 0.25) is 0 Å². The number of aryl methyl sites for hydroxylation is 1. The van der Waals surface area contributed by atoms with Crippen molar-refractivity contribution in [2.75, 3.05) is 18.5 Å². The summed E-state index contributed by atoms with van der Waals surface area (Å²) in [5.41, 5.74) is 1.60. The minimum Gasteiger partial charge on any atom is -0.454 e. The zero-order valence-corrected chi connectivity index (χ0v) is 15.4. The van der Waals surface area contributed by atoms with E-state index in [9.17, 15) is 14.4 Å². The molecule has 26 heavy (non-hydrogen) atoms. The number of benzene rings is 2. The van der Waals surface area contributed by atoms with Crippen LogP contribution in [-0.2, 0) is 14.3 Å². The van der Waals surface area contributed by atoms with Gasteiger partial charge in [0.25, 0.3) is 11.8 Å². The first kappa shape index (κ1) is 19.8. The van der Waals surface area contributed by atoms with Gasteiger partial charge in [-0.15, -0.1) is 0 Å². The largest absolute Gasteiger partial charge is 0.454 e. The Bertz CT molecular complexity index is 819. The Morgan fingerprint density at radius 1 is 1.04 bits per heavy atom. The lowest BCUT2D eigenvalue weighted by molar-refractivity contribution is -0.146. The summed E-state index contributed by atoms with van der Waals surface area (Å²) >= 11 is 11.9. The Kier molecular flexibility index (Phi) is 7.00. The maximum Gasteiger partial charge on any atom is 0.325 e. The molecular weight excluding hydrogens is 379 g/mol. The van der Waals surface area contributed by atoms with Crippen LogP contribution in [0.5, 0.6) is 0 Å². The molecule has 0 aliphatic carbocycles. The first-order valence-corrected chi connectivity index (χ1v) is 8.37. The molecule has 2 amide bonds. The number of carbonyl (C=O) groups excluding carboxylic acids is 3. The van der Waals surface area contributed by atoms with Gasteiger partial charge >= 0.3 is 5.97 Å². The molecule has 0 heterocycles. The number of hydrogen-bond donors (Lipinski definition) is 2. The molecule has 0 aliphatic heterocycles. The van der Waals surface area contributed by atoms with Crippen molar-refractivity contribution in [2.24, 2.45) is 0 Å². The summed E-state index contributed by atoms with van der Waals surface area (Å²) in [6.07, 6.45) is 0. The second kappa shape index (κ2) is 9.22. The van der Waals surface area contributed by atoms with Gasteiger partial charge in [-0.2, -0.15) is 0 Å². The first-order valence-electron chi connectivity index (χ1n) is 7.61. The molecule has 2 rings (SSSR count). The van der Waals surface area contributed by atoms with Crippen LogP contribution in [0.3, 0.4) is 0 Å². The van der Waals surface area contributed by atoms with Crippen molar-refractivity contribution in [3.05, 3.63) is 63.6 Å². The van der Waals surface area contributed by atoms with Crippen molar-refractivity contribution in [1.29, 1.82) is 0 Å². The number of carbonyl (C=O) groups is 3. The van der Waals surface area contributed by atoms with E-state index in [0.29, 0.717) is 5.56 Å². The number of esters is 1. The normalized spacial score (nSPS) is 10.1. The van der Waals surface area contributed by atoms with Crippen LogP contribution in [0.25, 0.3) is 0 Å². The maximum absolute atomic E-state index is 11.9. The van der Waals surface area contributed by atoms with Crippen LogP contribution in [0.2, 0.25) is 10.0 Å². The number of para-hydroxylation sites is 1. The zero-order valence-electron chi connectivity index (χ0n) is 13.8. The van der Waals surface area contributed by atoms with Crippen LogP contribution in [0.4, 0.5) is 5.69 Å².